The highest BCUT2D eigenvalue weighted by Gasteiger charge is 2.22. The van der Waals surface area contributed by atoms with E-state index in [1.807, 2.05) is 12.1 Å². The Kier molecular flexibility index (Phi) is 5.17. The molecule has 2 aromatic rings. The number of halogens is 2. The van der Waals surface area contributed by atoms with Gasteiger partial charge in [-0.2, -0.15) is 0 Å². The summed E-state index contributed by atoms with van der Waals surface area (Å²) in [5, 5.41) is 11.1. The van der Waals surface area contributed by atoms with Crippen molar-refractivity contribution in [2.24, 2.45) is 5.73 Å². The molecule has 0 aromatic heterocycles. The molecule has 0 bridgehead atoms. The molecule has 0 radical (unpaired) electrons. The molecule has 21 heavy (non-hydrogen) atoms. The monoisotopic (exact) mass is 309 g/mol. The first-order valence-electron chi connectivity index (χ1n) is 6.54. The summed E-state index contributed by atoms with van der Waals surface area (Å²) in [5.41, 5.74) is 7.21. The minimum Gasteiger partial charge on any atom is -0.494 e. The SMILES string of the molecule is COc1cc(C(O)C(CN)c2ccc(Cl)cc2)ccc1F. The van der Waals surface area contributed by atoms with Gasteiger partial charge in [0, 0.05) is 17.5 Å². The fourth-order valence-electron chi connectivity index (χ4n) is 2.25. The molecule has 2 atom stereocenters. The number of hydrogen-bond donors (Lipinski definition) is 2. The van der Waals surface area contributed by atoms with Crippen molar-refractivity contribution >= 4 is 11.6 Å². The van der Waals surface area contributed by atoms with E-state index in [9.17, 15) is 9.50 Å². The molecule has 0 fully saturated rings. The molecule has 2 aromatic carbocycles. The van der Waals surface area contributed by atoms with Crippen molar-refractivity contribution in [3.05, 3.63) is 64.4 Å². The fourth-order valence-corrected chi connectivity index (χ4v) is 2.38. The molecule has 0 heterocycles. The zero-order chi connectivity index (χ0) is 15.4. The molecular formula is C16H17ClFNO2. The Balaban J connectivity index is 2.31. The Hall–Kier alpha value is -1.62. The van der Waals surface area contributed by atoms with Crippen LogP contribution in [-0.4, -0.2) is 18.8 Å². The summed E-state index contributed by atoms with van der Waals surface area (Å²) in [5.74, 6) is -0.680. The maximum atomic E-state index is 13.4. The van der Waals surface area contributed by atoms with Crippen molar-refractivity contribution in [2.75, 3.05) is 13.7 Å². The number of aliphatic hydroxyl groups excluding tert-OH is 1. The van der Waals surface area contributed by atoms with Gasteiger partial charge in [0.2, 0.25) is 0 Å². The van der Waals surface area contributed by atoms with Crippen molar-refractivity contribution in [2.45, 2.75) is 12.0 Å². The van der Waals surface area contributed by atoms with Gasteiger partial charge in [-0.05, 0) is 35.4 Å². The molecule has 0 aliphatic rings. The standard InChI is InChI=1S/C16H17ClFNO2/c1-21-15-8-11(4-7-14(15)18)16(20)13(9-19)10-2-5-12(17)6-3-10/h2-8,13,16,20H,9,19H2,1H3. The number of hydrogen-bond acceptors (Lipinski definition) is 3. The van der Waals surface area contributed by atoms with Crippen LogP contribution in [0, 0.1) is 5.82 Å². The van der Waals surface area contributed by atoms with Crippen LogP contribution >= 0.6 is 11.6 Å². The van der Waals surface area contributed by atoms with Gasteiger partial charge in [-0.15, -0.1) is 0 Å². The molecule has 2 unspecified atom stereocenters. The lowest BCUT2D eigenvalue weighted by Crippen LogP contribution is -2.20. The molecule has 0 saturated heterocycles. The lowest BCUT2D eigenvalue weighted by Gasteiger charge is -2.23. The zero-order valence-electron chi connectivity index (χ0n) is 11.6. The summed E-state index contributed by atoms with van der Waals surface area (Å²) in [6.07, 6.45) is -0.856. The van der Waals surface area contributed by atoms with Gasteiger partial charge < -0.3 is 15.6 Å². The van der Waals surface area contributed by atoms with Gasteiger partial charge in [0.05, 0.1) is 13.2 Å². The number of aliphatic hydroxyl groups is 1. The van der Waals surface area contributed by atoms with Crippen LogP contribution in [-0.2, 0) is 0 Å². The van der Waals surface area contributed by atoms with Crippen molar-refractivity contribution in [3.8, 4) is 5.75 Å². The minimum atomic E-state index is -0.856. The van der Waals surface area contributed by atoms with Crippen molar-refractivity contribution in [1.29, 1.82) is 0 Å². The van der Waals surface area contributed by atoms with Gasteiger partial charge in [0.1, 0.15) is 0 Å². The molecule has 2 rings (SSSR count). The molecule has 3 N–H and O–H groups in total. The molecule has 0 amide bonds. The molecule has 0 spiro atoms. The predicted molar refractivity (Wildman–Crippen MR) is 81.2 cm³/mol. The van der Waals surface area contributed by atoms with Crippen LogP contribution < -0.4 is 10.5 Å². The number of nitrogens with two attached hydrogens (primary N) is 1. The van der Waals surface area contributed by atoms with E-state index >= 15 is 0 Å². The number of methoxy groups -OCH3 is 1. The van der Waals surface area contributed by atoms with Gasteiger partial charge in [-0.1, -0.05) is 29.8 Å². The summed E-state index contributed by atoms with van der Waals surface area (Å²) in [4.78, 5) is 0. The first-order valence-corrected chi connectivity index (χ1v) is 6.91. The van der Waals surface area contributed by atoms with E-state index in [0.29, 0.717) is 10.6 Å². The Bertz CT molecular complexity index is 604. The summed E-state index contributed by atoms with van der Waals surface area (Å²) in [6.45, 7) is 0.252. The largest absolute Gasteiger partial charge is 0.494 e. The summed E-state index contributed by atoms with van der Waals surface area (Å²) in [7, 11) is 1.38. The van der Waals surface area contributed by atoms with Gasteiger partial charge >= 0.3 is 0 Å². The second-order valence-electron chi connectivity index (χ2n) is 4.73. The van der Waals surface area contributed by atoms with Gasteiger partial charge in [0.25, 0.3) is 0 Å². The second kappa shape index (κ2) is 6.89. The Morgan fingerprint density at radius 3 is 2.38 bits per heavy atom. The van der Waals surface area contributed by atoms with Crippen LogP contribution in [0.1, 0.15) is 23.1 Å². The fraction of sp³-hybridized carbons (Fsp3) is 0.250. The molecule has 0 aliphatic heterocycles. The quantitative estimate of drug-likeness (QED) is 0.891. The summed E-state index contributed by atoms with van der Waals surface area (Å²) in [6, 6.07) is 11.4. The minimum absolute atomic E-state index is 0.0958. The third kappa shape index (κ3) is 3.53. The molecule has 5 heteroatoms. The highest BCUT2D eigenvalue weighted by molar-refractivity contribution is 6.30. The van der Waals surface area contributed by atoms with E-state index < -0.39 is 11.9 Å². The van der Waals surface area contributed by atoms with Crippen LogP contribution in [0.5, 0.6) is 5.75 Å². The Morgan fingerprint density at radius 1 is 1.19 bits per heavy atom. The number of benzene rings is 2. The van der Waals surface area contributed by atoms with Gasteiger partial charge in [0.15, 0.2) is 11.6 Å². The molecular weight excluding hydrogens is 293 g/mol. The smallest absolute Gasteiger partial charge is 0.165 e. The highest BCUT2D eigenvalue weighted by atomic mass is 35.5. The van der Waals surface area contributed by atoms with Crippen LogP contribution in [0.3, 0.4) is 0 Å². The van der Waals surface area contributed by atoms with Crippen LogP contribution in [0.2, 0.25) is 5.02 Å². The second-order valence-corrected chi connectivity index (χ2v) is 5.17. The molecule has 0 saturated carbocycles. The van der Waals surface area contributed by atoms with E-state index in [4.69, 9.17) is 22.1 Å². The molecule has 3 nitrogen and oxygen atoms in total. The maximum Gasteiger partial charge on any atom is 0.165 e. The van der Waals surface area contributed by atoms with Crippen molar-refractivity contribution in [1.82, 2.24) is 0 Å². The van der Waals surface area contributed by atoms with E-state index in [1.165, 1.54) is 25.3 Å². The third-order valence-electron chi connectivity index (χ3n) is 3.45. The summed E-state index contributed by atoms with van der Waals surface area (Å²) >= 11 is 5.86. The molecule has 0 aliphatic carbocycles. The Labute approximate surface area is 128 Å². The average Bonchev–Trinajstić information content (AvgIpc) is 2.50. The predicted octanol–water partition coefficient (Wildman–Crippen LogP) is 3.26. The van der Waals surface area contributed by atoms with Gasteiger partial charge in [-0.25, -0.2) is 4.39 Å². The van der Waals surface area contributed by atoms with Crippen LogP contribution in [0.15, 0.2) is 42.5 Å². The van der Waals surface area contributed by atoms with E-state index in [2.05, 4.69) is 0 Å². The lowest BCUT2D eigenvalue weighted by atomic mass is 9.89. The van der Waals surface area contributed by atoms with Gasteiger partial charge in [-0.3, -0.25) is 0 Å². The highest BCUT2D eigenvalue weighted by Crippen LogP contribution is 2.33. The van der Waals surface area contributed by atoms with Crippen LogP contribution in [0.25, 0.3) is 0 Å². The lowest BCUT2D eigenvalue weighted by molar-refractivity contribution is 0.147. The van der Waals surface area contributed by atoms with E-state index in [1.54, 1.807) is 12.1 Å². The van der Waals surface area contributed by atoms with Crippen LogP contribution in [0.4, 0.5) is 4.39 Å². The maximum absolute atomic E-state index is 13.4. The topological polar surface area (TPSA) is 55.5 Å². The molecule has 112 valence electrons. The number of rotatable bonds is 5. The van der Waals surface area contributed by atoms with E-state index in [-0.39, 0.29) is 18.2 Å². The van der Waals surface area contributed by atoms with Crippen molar-refractivity contribution in [3.63, 3.8) is 0 Å². The third-order valence-corrected chi connectivity index (χ3v) is 3.70. The van der Waals surface area contributed by atoms with E-state index in [0.717, 1.165) is 5.56 Å². The Morgan fingerprint density at radius 2 is 1.81 bits per heavy atom. The first kappa shape index (κ1) is 15.8. The first-order chi connectivity index (χ1) is 10.1. The average molecular weight is 310 g/mol. The van der Waals surface area contributed by atoms with Crippen molar-refractivity contribution < 1.29 is 14.2 Å². The normalized spacial score (nSPS) is 13.8. The summed E-state index contributed by atoms with van der Waals surface area (Å²) < 4.78 is 18.4. The number of ether oxygens (including phenoxy) is 1. The zero-order valence-corrected chi connectivity index (χ0v) is 12.3.